The maximum atomic E-state index is 12.7. The molecule has 2 N–H and O–H groups in total. The monoisotopic (exact) mass is 395 g/mol. The second-order valence-corrected chi connectivity index (χ2v) is 7.40. The molecule has 0 aromatic carbocycles. The molecular formula is C22H29N5O2. The smallest absolute Gasteiger partial charge is 0.223 e. The van der Waals surface area contributed by atoms with Gasteiger partial charge in [-0.2, -0.15) is 0 Å². The first-order valence-corrected chi connectivity index (χ1v) is 10.3. The summed E-state index contributed by atoms with van der Waals surface area (Å²) in [5.74, 6) is -0.0380. The number of nitrogens with one attached hydrogen (secondary N) is 2. The van der Waals surface area contributed by atoms with Gasteiger partial charge in [0.05, 0.1) is 12.2 Å². The van der Waals surface area contributed by atoms with Gasteiger partial charge >= 0.3 is 0 Å². The Morgan fingerprint density at radius 2 is 2.00 bits per heavy atom. The SMILES string of the molecule is O=C1CCN(Cc2ccncc2)CCCC(C(=O)NCc2ccccn2)CCN1. The molecule has 154 valence electrons. The average Bonchev–Trinajstić information content (AvgIpc) is 2.79. The highest BCUT2D eigenvalue weighted by Crippen LogP contribution is 2.15. The van der Waals surface area contributed by atoms with Crippen LogP contribution in [-0.2, 0) is 22.7 Å². The molecule has 3 rings (SSSR count). The summed E-state index contributed by atoms with van der Waals surface area (Å²) >= 11 is 0. The minimum absolute atomic E-state index is 0.0323. The third-order valence-corrected chi connectivity index (χ3v) is 5.19. The summed E-state index contributed by atoms with van der Waals surface area (Å²) in [6.45, 7) is 3.32. The van der Waals surface area contributed by atoms with E-state index in [1.807, 2.05) is 30.3 Å². The number of hydrogen-bond donors (Lipinski definition) is 2. The number of carbonyl (C=O) groups excluding carboxylic acids is 2. The summed E-state index contributed by atoms with van der Waals surface area (Å²) in [4.78, 5) is 35.4. The Hall–Kier alpha value is -2.80. The second kappa shape index (κ2) is 11.3. The van der Waals surface area contributed by atoms with Crippen LogP contribution in [0.1, 0.15) is 36.9 Å². The molecule has 1 aliphatic heterocycles. The number of aromatic nitrogens is 2. The molecule has 1 saturated heterocycles. The van der Waals surface area contributed by atoms with E-state index in [9.17, 15) is 9.59 Å². The van der Waals surface area contributed by atoms with Crippen molar-refractivity contribution in [3.63, 3.8) is 0 Å². The highest BCUT2D eigenvalue weighted by atomic mass is 16.2. The molecule has 1 atom stereocenters. The molecule has 0 saturated carbocycles. The van der Waals surface area contributed by atoms with E-state index in [-0.39, 0.29) is 17.7 Å². The molecule has 7 nitrogen and oxygen atoms in total. The van der Waals surface area contributed by atoms with Gasteiger partial charge < -0.3 is 10.6 Å². The van der Waals surface area contributed by atoms with Crippen molar-refractivity contribution in [2.45, 2.75) is 38.8 Å². The lowest BCUT2D eigenvalue weighted by Crippen LogP contribution is -2.33. The highest BCUT2D eigenvalue weighted by molar-refractivity contribution is 5.79. The molecule has 0 aliphatic carbocycles. The standard InChI is InChI=1S/C22H29N5O2/c28-21-9-15-27(17-18-6-11-23-12-7-18)14-3-4-19(8-13-25-21)22(29)26-16-20-5-1-2-10-24-20/h1-2,5-7,10-12,19H,3-4,8-9,13-17H2,(H,25,28)(H,26,29). The topological polar surface area (TPSA) is 87.2 Å². The minimum atomic E-state index is -0.111. The summed E-state index contributed by atoms with van der Waals surface area (Å²) < 4.78 is 0. The van der Waals surface area contributed by atoms with Crippen LogP contribution in [0.25, 0.3) is 0 Å². The predicted octanol–water partition coefficient (Wildman–Crippen LogP) is 1.90. The lowest BCUT2D eigenvalue weighted by molar-refractivity contribution is -0.126. The number of hydrogen-bond acceptors (Lipinski definition) is 5. The zero-order chi connectivity index (χ0) is 20.3. The van der Waals surface area contributed by atoms with E-state index < -0.39 is 0 Å². The summed E-state index contributed by atoms with van der Waals surface area (Å²) in [5.41, 5.74) is 2.02. The van der Waals surface area contributed by atoms with Crippen molar-refractivity contribution >= 4 is 11.8 Å². The third-order valence-electron chi connectivity index (χ3n) is 5.19. The fraction of sp³-hybridized carbons (Fsp3) is 0.455. The quantitative estimate of drug-likeness (QED) is 0.807. The first-order valence-electron chi connectivity index (χ1n) is 10.3. The zero-order valence-corrected chi connectivity index (χ0v) is 16.7. The Balaban J connectivity index is 1.56. The van der Waals surface area contributed by atoms with Crippen molar-refractivity contribution in [2.24, 2.45) is 5.92 Å². The van der Waals surface area contributed by atoms with E-state index >= 15 is 0 Å². The summed E-state index contributed by atoms with van der Waals surface area (Å²) in [6, 6.07) is 9.66. The number of carbonyl (C=O) groups is 2. The Morgan fingerprint density at radius 1 is 1.14 bits per heavy atom. The largest absolute Gasteiger partial charge is 0.356 e. The number of rotatable bonds is 5. The molecule has 2 aromatic rings. The molecule has 0 radical (unpaired) electrons. The van der Waals surface area contributed by atoms with Crippen LogP contribution in [0.15, 0.2) is 48.9 Å². The van der Waals surface area contributed by atoms with Gasteiger partial charge in [0, 0.05) is 50.6 Å². The maximum absolute atomic E-state index is 12.7. The van der Waals surface area contributed by atoms with Crippen molar-refractivity contribution in [3.8, 4) is 0 Å². The molecular weight excluding hydrogens is 366 g/mol. The Bertz CT molecular complexity index is 769. The van der Waals surface area contributed by atoms with Crippen LogP contribution in [0.4, 0.5) is 0 Å². The molecule has 3 heterocycles. The molecule has 2 amide bonds. The van der Waals surface area contributed by atoms with Crippen molar-refractivity contribution in [2.75, 3.05) is 19.6 Å². The number of amides is 2. The zero-order valence-electron chi connectivity index (χ0n) is 16.7. The lowest BCUT2D eigenvalue weighted by Gasteiger charge is -2.22. The van der Waals surface area contributed by atoms with Gasteiger partial charge in [-0.05, 0) is 55.6 Å². The van der Waals surface area contributed by atoms with Crippen molar-refractivity contribution < 1.29 is 9.59 Å². The van der Waals surface area contributed by atoms with Crippen LogP contribution < -0.4 is 10.6 Å². The Kier molecular flexibility index (Phi) is 8.12. The van der Waals surface area contributed by atoms with Crippen LogP contribution in [0, 0.1) is 5.92 Å². The van der Waals surface area contributed by atoms with E-state index in [1.165, 1.54) is 5.56 Å². The fourth-order valence-corrected chi connectivity index (χ4v) is 3.54. The van der Waals surface area contributed by atoms with Gasteiger partial charge in [-0.15, -0.1) is 0 Å². The van der Waals surface area contributed by atoms with Gasteiger partial charge in [0.2, 0.25) is 11.8 Å². The van der Waals surface area contributed by atoms with E-state index in [2.05, 4.69) is 25.5 Å². The summed E-state index contributed by atoms with van der Waals surface area (Å²) in [7, 11) is 0. The molecule has 0 bridgehead atoms. The highest BCUT2D eigenvalue weighted by Gasteiger charge is 2.20. The number of pyridine rings is 2. The van der Waals surface area contributed by atoms with Gasteiger partial charge in [0.1, 0.15) is 0 Å². The predicted molar refractivity (Wildman–Crippen MR) is 111 cm³/mol. The molecule has 1 aliphatic rings. The Labute approximate surface area is 171 Å². The first-order chi connectivity index (χ1) is 14.2. The van der Waals surface area contributed by atoms with Crippen LogP contribution in [0.5, 0.6) is 0 Å². The van der Waals surface area contributed by atoms with E-state index in [1.54, 1.807) is 18.6 Å². The third kappa shape index (κ3) is 7.27. The lowest BCUT2D eigenvalue weighted by atomic mass is 9.98. The summed E-state index contributed by atoms with van der Waals surface area (Å²) in [6.07, 6.45) is 8.15. The van der Waals surface area contributed by atoms with Crippen LogP contribution >= 0.6 is 0 Å². The van der Waals surface area contributed by atoms with Gasteiger partial charge in [0.15, 0.2) is 0 Å². The molecule has 29 heavy (non-hydrogen) atoms. The van der Waals surface area contributed by atoms with Gasteiger partial charge in [-0.1, -0.05) is 6.07 Å². The molecule has 2 aromatic heterocycles. The minimum Gasteiger partial charge on any atom is -0.356 e. The maximum Gasteiger partial charge on any atom is 0.223 e. The second-order valence-electron chi connectivity index (χ2n) is 7.40. The van der Waals surface area contributed by atoms with Crippen molar-refractivity contribution in [1.29, 1.82) is 0 Å². The Morgan fingerprint density at radius 3 is 2.79 bits per heavy atom. The molecule has 1 fully saturated rings. The first kappa shape index (κ1) is 20.9. The normalized spacial score (nSPS) is 19.0. The van der Waals surface area contributed by atoms with Crippen molar-refractivity contribution in [3.05, 3.63) is 60.2 Å². The van der Waals surface area contributed by atoms with Gasteiger partial charge in [-0.3, -0.25) is 24.5 Å². The molecule has 0 spiro atoms. The summed E-state index contributed by atoms with van der Waals surface area (Å²) in [5, 5.41) is 5.95. The van der Waals surface area contributed by atoms with Crippen LogP contribution in [0.3, 0.4) is 0 Å². The van der Waals surface area contributed by atoms with E-state index in [0.717, 1.165) is 31.6 Å². The van der Waals surface area contributed by atoms with Crippen LogP contribution in [0.2, 0.25) is 0 Å². The van der Waals surface area contributed by atoms with Crippen molar-refractivity contribution in [1.82, 2.24) is 25.5 Å². The fourth-order valence-electron chi connectivity index (χ4n) is 3.54. The molecule has 7 heteroatoms. The van der Waals surface area contributed by atoms with E-state index in [0.29, 0.717) is 32.5 Å². The van der Waals surface area contributed by atoms with E-state index in [4.69, 9.17) is 0 Å². The van der Waals surface area contributed by atoms with Gasteiger partial charge in [0.25, 0.3) is 0 Å². The average molecular weight is 396 g/mol. The number of nitrogens with zero attached hydrogens (tertiary/aromatic N) is 3. The van der Waals surface area contributed by atoms with Gasteiger partial charge in [-0.25, -0.2) is 0 Å². The van der Waals surface area contributed by atoms with Crippen LogP contribution in [-0.4, -0.2) is 46.3 Å². The molecule has 1 unspecified atom stereocenters.